The largest absolute Gasteiger partial charge is 0.386 e. The third kappa shape index (κ3) is 3.44. The fourth-order valence-corrected chi connectivity index (χ4v) is 2.78. The lowest BCUT2D eigenvalue weighted by atomic mass is 9.83. The van der Waals surface area contributed by atoms with Crippen LogP contribution in [0, 0.1) is 11.8 Å². The smallest absolute Gasteiger partial charge is 0.102 e. The minimum Gasteiger partial charge on any atom is -0.386 e. The molecular formula is C13H25NO2. The quantitative estimate of drug-likeness (QED) is 0.766. The van der Waals surface area contributed by atoms with Gasteiger partial charge in [0.25, 0.3) is 0 Å². The highest BCUT2D eigenvalue weighted by atomic mass is 16.5. The summed E-state index contributed by atoms with van der Waals surface area (Å²) >= 11 is 0. The summed E-state index contributed by atoms with van der Waals surface area (Å²) in [6.07, 6.45) is 6.23. The van der Waals surface area contributed by atoms with Crippen molar-refractivity contribution >= 4 is 0 Å². The van der Waals surface area contributed by atoms with Crippen LogP contribution >= 0.6 is 0 Å². The molecule has 0 spiro atoms. The standard InChI is InChI=1S/C13H25NO2/c1-11-2-4-12(5-3-11)8-14-9-13(15)6-7-16-10-13/h11-12,14-15H,2-10H2,1H3. The summed E-state index contributed by atoms with van der Waals surface area (Å²) in [6, 6.07) is 0. The number of hydrogen-bond donors (Lipinski definition) is 2. The van der Waals surface area contributed by atoms with Crippen molar-refractivity contribution in [2.45, 2.75) is 44.6 Å². The lowest BCUT2D eigenvalue weighted by molar-refractivity contribution is 0.0260. The van der Waals surface area contributed by atoms with E-state index in [0.717, 1.165) is 24.8 Å². The minimum absolute atomic E-state index is 0.502. The highest BCUT2D eigenvalue weighted by Gasteiger charge is 2.31. The van der Waals surface area contributed by atoms with E-state index in [1.165, 1.54) is 25.7 Å². The van der Waals surface area contributed by atoms with Gasteiger partial charge in [0.2, 0.25) is 0 Å². The second-order valence-corrected chi connectivity index (χ2v) is 5.78. The maximum Gasteiger partial charge on any atom is 0.102 e. The van der Waals surface area contributed by atoms with Crippen LogP contribution in [0.3, 0.4) is 0 Å². The lowest BCUT2D eigenvalue weighted by Gasteiger charge is -2.28. The van der Waals surface area contributed by atoms with Crippen LogP contribution in [0.15, 0.2) is 0 Å². The molecule has 1 aliphatic carbocycles. The highest BCUT2D eigenvalue weighted by molar-refractivity contribution is 4.85. The molecule has 1 saturated carbocycles. The molecule has 0 aromatic carbocycles. The zero-order valence-electron chi connectivity index (χ0n) is 10.4. The first kappa shape index (κ1) is 12.3. The Hall–Kier alpha value is -0.120. The molecule has 2 N–H and O–H groups in total. The molecule has 1 unspecified atom stereocenters. The molecule has 0 amide bonds. The predicted molar refractivity (Wildman–Crippen MR) is 64.4 cm³/mol. The van der Waals surface area contributed by atoms with E-state index in [-0.39, 0.29) is 0 Å². The van der Waals surface area contributed by atoms with Crippen molar-refractivity contribution in [2.24, 2.45) is 11.8 Å². The number of ether oxygens (including phenoxy) is 1. The van der Waals surface area contributed by atoms with E-state index in [0.29, 0.717) is 19.8 Å². The van der Waals surface area contributed by atoms with E-state index in [1.807, 2.05) is 0 Å². The van der Waals surface area contributed by atoms with Gasteiger partial charge in [0.1, 0.15) is 5.60 Å². The van der Waals surface area contributed by atoms with Gasteiger partial charge in [-0.2, -0.15) is 0 Å². The molecule has 16 heavy (non-hydrogen) atoms. The van der Waals surface area contributed by atoms with Crippen molar-refractivity contribution in [3.63, 3.8) is 0 Å². The van der Waals surface area contributed by atoms with Crippen LogP contribution in [0.25, 0.3) is 0 Å². The van der Waals surface area contributed by atoms with Crippen LogP contribution in [-0.4, -0.2) is 37.0 Å². The van der Waals surface area contributed by atoms with Gasteiger partial charge < -0.3 is 15.2 Å². The van der Waals surface area contributed by atoms with E-state index in [2.05, 4.69) is 12.2 Å². The molecule has 3 heteroatoms. The van der Waals surface area contributed by atoms with Crippen molar-refractivity contribution in [1.82, 2.24) is 5.32 Å². The molecule has 94 valence electrons. The fraction of sp³-hybridized carbons (Fsp3) is 1.00. The summed E-state index contributed by atoms with van der Waals surface area (Å²) in [5.74, 6) is 1.74. The molecule has 0 aromatic heterocycles. The molecule has 0 radical (unpaired) electrons. The van der Waals surface area contributed by atoms with Crippen LogP contribution in [0.2, 0.25) is 0 Å². The third-order valence-electron chi connectivity index (χ3n) is 4.10. The average molecular weight is 227 g/mol. The lowest BCUT2D eigenvalue weighted by Crippen LogP contribution is -2.42. The normalized spacial score (nSPS) is 40.1. The van der Waals surface area contributed by atoms with Gasteiger partial charge in [-0.3, -0.25) is 0 Å². The number of nitrogens with one attached hydrogen (secondary N) is 1. The number of rotatable bonds is 4. The molecule has 1 saturated heterocycles. The van der Waals surface area contributed by atoms with Gasteiger partial charge in [-0.1, -0.05) is 19.8 Å². The summed E-state index contributed by atoms with van der Waals surface area (Å²) < 4.78 is 5.23. The van der Waals surface area contributed by atoms with Crippen molar-refractivity contribution in [3.8, 4) is 0 Å². The zero-order valence-corrected chi connectivity index (χ0v) is 10.4. The van der Waals surface area contributed by atoms with Crippen LogP contribution in [0.4, 0.5) is 0 Å². The monoisotopic (exact) mass is 227 g/mol. The van der Waals surface area contributed by atoms with Gasteiger partial charge >= 0.3 is 0 Å². The zero-order chi connectivity index (χ0) is 11.4. The van der Waals surface area contributed by atoms with E-state index < -0.39 is 5.60 Å². The maximum absolute atomic E-state index is 10.1. The van der Waals surface area contributed by atoms with Gasteiger partial charge in [-0.25, -0.2) is 0 Å². The number of aliphatic hydroxyl groups is 1. The molecule has 1 aliphatic heterocycles. The Morgan fingerprint density at radius 1 is 1.31 bits per heavy atom. The van der Waals surface area contributed by atoms with E-state index in [1.54, 1.807) is 0 Å². The summed E-state index contributed by atoms with van der Waals surface area (Å²) in [5, 5.41) is 13.5. The Morgan fingerprint density at radius 2 is 2.06 bits per heavy atom. The second-order valence-electron chi connectivity index (χ2n) is 5.78. The van der Waals surface area contributed by atoms with Gasteiger partial charge in [0.05, 0.1) is 6.61 Å². The summed E-state index contributed by atoms with van der Waals surface area (Å²) in [6.45, 7) is 5.32. The highest BCUT2D eigenvalue weighted by Crippen LogP contribution is 2.27. The molecule has 2 fully saturated rings. The molecule has 3 nitrogen and oxygen atoms in total. The molecule has 1 heterocycles. The first-order chi connectivity index (χ1) is 7.68. The summed E-state index contributed by atoms with van der Waals surface area (Å²) in [4.78, 5) is 0. The van der Waals surface area contributed by atoms with E-state index in [9.17, 15) is 5.11 Å². The van der Waals surface area contributed by atoms with Gasteiger partial charge in [-0.05, 0) is 31.2 Å². The molecule has 2 rings (SSSR count). The van der Waals surface area contributed by atoms with Crippen molar-refractivity contribution in [3.05, 3.63) is 0 Å². The Kier molecular flexibility index (Phi) is 4.22. The molecule has 1 atom stereocenters. The minimum atomic E-state index is -0.595. The van der Waals surface area contributed by atoms with Crippen LogP contribution in [0.1, 0.15) is 39.0 Å². The fourth-order valence-electron chi connectivity index (χ4n) is 2.78. The van der Waals surface area contributed by atoms with Gasteiger partial charge in [-0.15, -0.1) is 0 Å². The SMILES string of the molecule is CC1CCC(CNCC2(O)CCOC2)CC1. The van der Waals surface area contributed by atoms with E-state index >= 15 is 0 Å². The Labute approximate surface area is 98.6 Å². The van der Waals surface area contributed by atoms with Gasteiger partial charge in [0, 0.05) is 19.6 Å². The van der Waals surface area contributed by atoms with Crippen LogP contribution in [-0.2, 0) is 4.74 Å². The molecular weight excluding hydrogens is 202 g/mol. The topological polar surface area (TPSA) is 41.5 Å². The van der Waals surface area contributed by atoms with Crippen molar-refractivity contribution < 1.29 is 9.84 Å². The maximum atomic E-state index is 10.1. The summed E-state index contributed by atoms with van der Waals surface area (Å²) in [5.41, 5.74) is -0.595. The molecule has 0 aromatic rings. The number of hydrogen-bond acceptors (Lipinski definition) is 3. The Morgan fingerprint density at radius 3 is 2.69 bits per heavy atom. The van der Waals surface area contributed by atoms with E-state index in [4.69, 9.17) is 4.74 Å². The predicted octanol–water partition coefficient (Wildman–Crippen LogP) is 1.55. The second kappa shape index (κ2) is 5.48. The Bertz CT molecular complexity index is 206. The first-order valence-electron chi connectivity index (χ1n) is 6.69. The van der Waals surface area contributed by atoms with Gasteiger partial charge in [0.15, 0.2) is 0 Å². The Balaban J connectivity index is 1.61. The average Bonchev–Trinajstić information content (AvgIpc) is 2.69. The van der Waals surface area contributed by atoms with Crippen LogP contribution in [0.5, 0.6) is 0 Å². The van der Waals surface area contributed by atoms with Crippen molar-refractivity contribution in [1.29, 1.82) is 0 Å². The molecule has 0 bridgehead atoms. The third-order valence-corrected chi connectivity index (χ3v) is 4.10. The first-order valence-corrected chi connectivity index (χ1v) is 6.69. The summed E-state index contributed by atoms with van der Waals surface area (Å²) in [7, 11) is 0. The van der Waals surface area contributed by atoms with Crippen LogP contribution < -0.4 is 5.32 Å². The van der Waals surface area contributed by atoms with Crippen molar-refractivity contribution in [2.75, 3.05) is 26.3 Å². The molecule has 2 aliphatic rings.